The normalized spacial score (nSPS) is 28.8. The summed E-state index contributed by atoms with van der Waals surface area (Å²) in [5, 5.41) is 6.73. The smallest absolute Gasteiger partial charge is 0.253 e. The lowest BCUT2D eigenvalue weighted by atomic mass is 9.97. The van der Waals surface area contributed by atoms with Gasteiger partial charge in [-0.1, -0.05) is 6.07 Å². The number of thiophene rings is 1. The Morgan fingerprint density at radius 1 is 1.12 bits per heavy atom. The van der Waals surface area contributed by atoms with Gasteiger partial charge in [-0.05, 0) is 74.1 Å². The molecule has 1 N–H and O–H groups in total. The van der Waals surface area contributed by atoms with Gasteiger partial charge >= 0.3 is 0 Å². The molecular formula is C25H27FN4OS. The monoisotopic (exact) mass is 450 g/mol. The van der Waals surface area contributed by atoms with Gasteiger partial charge in [0.1, 0.15) is 16.5 Å². The van der Waals surface area contributed by atoms with Crippen molar-refractivity contribution in [3.63, 3.8) is 0 Å². The van der Waals surface area contributed by atoms with E-state index in [0.29, 0.717) is 23.2 Å². The molecule has 4 unspecified atom stereocenters. The Hall–Kier alpha value is -2.38. The van der Waals surface area contributed by atoms with Crippen LogP contribution in [0.4, 0.5) is 4.39 Å². The number of benzene rings is 1. The maximum Gasteiger partial charge on any atom is 0.253 e. The zero-order valence-electron chi connectivity index (χ0n) is 18.3. The molecule has 3 aromatic rings. The third-order valence-corrected chi connectivity index (χ3v) is 8.38. The summed E-state index contributed by atoms with van der Waals surface area (Å²) >= 11 is 1.61. The Kier molecular flexibility index (Phi) is 4.80. The van der Waals surface area contributed by atoms with E-state index in [0.717, 1.165) is 41.0 Å². The minimum Gasteiger partial charge on any atom is -0.339 e. The van der Waals surface area contributed by atoms with Gasteiger partial charge in [0.05, 0.1) is 5.69 Å². The minimum atomic E-state index is -0.283. The molecule has 0 radical (unpaired) electrons. The largest absolute Gasteiger partial charge is 0.339 e. The van der Waals surface area contributed by atoms with Crippen LogP contribution in [0.25, 0.3) is 10.2 Å². The number of rotatable bonds is 4. The van der Waals surface area contributed by atoms with Crippen molar-refractivity contribution in [2.45, 2.75) is 69.0 Å². The fraction of sp³-hybridized carbons (Fsp3) is 0.480. The molecule has 6 rings (SSSR count). The van der Waals surface area contributed by atoms with Gasteiger partial charge in [0.25, 0.3) is 5.91 Å². The first kappa shape index (κ1) is 20.2. The predicted molar refractivity (Wildman–Crippen MR) is 124 cm³/mol. The van der Waals surface area contributed by atoms with Crippen LogP contribution in [0, 0.1) is 12.7 Å². The number of aromatic nitrogens is 2. The Labute approximate surface area is 191 Å². The molecule has 5 nitrogen and oxygen atoms in total. The molecule has 1 aliphatic carbocycles. The third-order valence-electron chi connectivity index (χ3n) is 7.57. The van der Waals surface area contributed by atoms with E-state index in [9.17, 15) is 4.79 Å². The Morgan fingerprint density at radius 2 is 1.91 bits per heavy atom. The first-order chi connectivity index (χ1) is 15.5. The average molecular weight is 451 g/mol. The fourth-order valence-electron chi connectivity index (χ4n) is 5.79. The predicted octanol–water partition coefficient (Wildman–Crippen LogP) is 4.76. The molecule has 3 fully saturated rings. The zero-order chi connectivity index (χ0) is 22.0. The van der Waals surface area contributed by atoms with Crippen molar-refractivity contribution < 1.29 is 9.18 Å². The SMILES string of the molecule is Cc1nc(C2CC2c2ccc(C(=O)N(C)C3CC4CCC(C3)N4)cc2F)c2ccsc2n1. The summed E-state index contributed by atoms with van der Waals surface area (Å²) in [5.41, 5.74) is 2.15. The summed E-state index contributed by atoms with van der Waals surface area (Å²) in [6.45, 7) is 1.91. The molecule has 2 bridgehead atoms. The van der Waals surface area contributed by atoms with Crippen molar-refractivity contribution in [1.29, 1.82) is 0 Å². The molecule has 0 spiro atoms. The first-order valence-electron chi connectivity index (χ1n) is 11.5. The zero-order valence-corrected chi connectivity index (χ0v) is 19.2. The van der Waals surface area contributed by atoms with E-state index in [1.54, 1.807) is 17.4 Å². The van der Waals surface area contributed by atoms with Gasteiger partial charge in [-0.2, -0.15) is 0 Å². The number of amides is 1. The molecule has 1 aromatic carbocycles. The standard InChI is InChI=1S/C25H27FN4OS/c1-13-27-23(19-7-8-32-24(19)28-13)21-12-20(21)18-6-3-14(9-22(18)26)25(31)30(2)17-10-15-4-5-16(11-17)29-15/h3,6-9,15-17,20-21,29H,4-5,10-12H2,1-2H3. The van der Waals surface area contributed by atoms with Crippen LogP contribution in [0.5, 0.6) is 0 Å². The van der Waals surface area contributed by atoms with Gasteiger partial charge in [0, 0.05) is 42.0 Å². The van der Waals surface area contributed by atoms with E-state index in [2.05, 4.69) is 21.4 Å². The number of nitrogens with zero attached hydrogens (tertiary/aromatic N) is 3. The molecule has 32 heavy (non-hydrogen) atoms. The summed E-state index contributed by atoms with van der Waals surface area (Å²) < 4.78 is 15.2. The number of aryl methyl sites for hydroxylation is 1. The summed E-state index contributed by atoms with van der Waals surface area (Å²) in [6.07, 6.45) is 5.23. The number of halogens is 1. The fourth-order valence-corrected chi connectivity index (χ4v) is 6.60. The highest BCUT2D eigenvalue weighted by molar-refractivity contribution is 7.16. The van der Waals surface area contributed by atoms with Gasteiger partial charge in [0.2, 0.25) is 0 Å². The molecule has 4 atom stereocenters. The van der Waals surface area contributed by atoms with E-state index in [-0.39, 0.29) is 29.6 Å². The van der Waals surface area contributed by atoms with Gasteiger partial charge in [-0.25, -0.2) is 14.4 Å². The van der Waals surface area contributed by atoms with E-state index in [4.69, 9.17) is 0 Å². The van der Waals surface area contributed by atoms with Gasteiger partial charge in [-0.15, -0.1) is 11.3 Å². The van der Waals surface area contributed by atoms with Crippen LogP contribution >= 0.6 is 11.3 Å². The molecule has 1 amide bonds. The molecule has 2 aromatic heterocycles. The Morgan fingerprint density at radius 3 is 2.66 bits per heavy atom. The Bertz CT molecular complexity index is 1200. The van der Waals surface area contributed by atoms with Crippen molar-refractivity contribution in [3.8, 4) is 0 Å². The van der Waals surface area contributed by atoms with E-state index < -0.39 is 0 Å². The summed E-state index contributed by atoms with van der Waals surface area (Å²) in [5.74, 6) is 0.707. The molecule has 4 heterocycles. The summed E-state index contributed by atoms with van der Waals surface area (Å²) in [7, 11) is 1.87. The number of nitrogens with one attached hydrogen (secondary N) is 1. The third kappa shape index (κ3) is 3.42. The van der Waals surface area contributed by atoms with Crippen molar-refractivity contribution in [2.24, 2.45) is 0 Å². The maximum atomic E-state index is 15.2. The summed E-state index contributed by atoms with van der Waals surface area (Å²) in [4.78, 5) is 25.1. The van der Waals surface area contributed by atoms with Crippen molar-refractivity contribution in [1.82, 2.24) is 20.2 Å². The first-order valence-corrected chi connectivity index (χ1v) is 12.4. The van der Waals surface area contributed by atoms with Gasteiger partial charge in [-0.3, -0.25) is 4.79 Å². The lowest BCUT2D eigenvalue weighted by Crippen LogP contribution is -2.48. The second kappa shape index (κ2) is 7.59. The molecule has 166 valence electrons. The van der Waals surface area contributed by atoms with Gasteiger partial charge in [0.15, 0.2) is 0 Å². The molecular weight excluding hydrogens is 423 g/mol. The number of carbonyl (C=O) groups is 1. The minimum absolute atomic E-state index is 0.0829. The van der Waals surface area contributed by atoms with E-state index in [1.807, 2.05) is 30.3 Å². The second-order valence-electron chi connectivity index (χ2n) is 9.66. The highest BCUT2D eigenvalue weighted by Gasteiger charge is 2.43. The van der Waals surface area contributed by atoms with Crippen LogP contribution in [0.15, 0.2) is 29.6 Å². The average Bonchev–Trinajstić information content (AvgIpc) is 3.30. The van der Waals surface area contributed by atoms with Crippen LogP contribution in [0.2, 0.25) is 0 Å². The molecule has 2 aliphatic heterocycles. The quantitative estimate of drug-likeness (QED) is 0.622. The number of fused-ring (bicyclic) bond motifs is 3. The highest BCUT2D eigenvalue weighted by atomic mass is 32.1. The molecule has 7 heteroatoms. The number of hydrogen-bond acceptors (Lipinski definition) is 5. The van der Waals surface area contributed by atoms with Crippen LogP contribution in [-0.4, -0.2) is 45.9 Å². The molecule has 1 saturated carbocycles. The van der Waals surface area contributed by atoms with Crippen LogP contribution in [0.1, 0.15) is 71.4 Å². The Balaban J connectivity index is 1.20. The van der Waals surface area contributed by atoms with E-state index >= 15 is 4.39 Å². The molecule has 2 saturated heterocycles. The second-order valence-corrected chi connectivity index (χ2v) is 10.6. The number of hydrogen-bond donors (Lipinski definition) is 1. The van der Waals surface area contributed by atoms with Crippen molar-refractivity contribution in [2.75, 3.05) is 7.05 Å². The van der Waals surface area contributed by atoms with Crippen LogP contribution < -0.4 is 5.32 Å². The van der Waals surface area contributed by atoms with Crippen molar-refractivity contribution in [3.05, 3.63) is 58.1 Å². The highest BCUT2D eigenvalue weighted by Crippen LogP contribution is 2.56. The molecule has 3 aliphatic rings. The van der Waals surface area contributed by atoms with Crippen molar-refractivity contribution >= 4 is 27.5 Å². The number of piperidine rings is 1. The lowest BCUT2D eigenvalue weighted by molar-refractivity contribution is 0.0681. The van der Waals surface area contributed by atoms with E-state index in [1.165, 1.54) is 18.9 Å². The maximum absolute atomic E-state index is 15.2. The topological polar surface area (TPSA) is 58.1 Å². The number of carbonyl (C=O) groups excluding carboxylic acids is 1. The van der Waals surface area contributed by atoms with Gasteiger partial charge < -0.3 is 10.2 Å². The van der Waals surface area contributed by atoms with Crippen LogP contribution in [0.3, 0.4) is 0 Å². The lowest BCUT2D eigenvalue weighted by Gasteiger charge is -2.35. The summed E-state index contributed by atoms with van der Waals surface area (Å²) in [6, 6.07) is 8.36. The van der Waals surface area contributed by atoms with Crippen LogP contribution in [-0.2, 0) is 0 Å².